The van der Waals surface area contributed by atoms with Crippen LogP contribution in [0.2, 0.25) is 0 Å². The van der Waals surface area contributed by atoms with Crippen molar-refractivity contribution in [3.63, 3.8) is 0 Å². The van der Waals surface area contributed by atoms with Gasteiger partial charge in [0, 0.05) is 0 Å². The van der Waals surface area contributed by atoms with Gasteiger partial charge in [-0.1, -0.05) is 24.6 Å². The molecular weight excluding hydrogens is 273 g/mol. The minimum absolute atomic E-state index is 0. The minimum atomic E-state index is -4.02. The molecule has 0 saturated carbocycles. The minimum Gasteiger partial charge on any atom is -0.282 e. The summed E-state index contributed by atoms with van der Waals surface area (Å²) in [6.45, 7) is 3.90. The third-order valence-corrected chi connectivity index (χ3v) is 3.07. The molecule has 0 aliphatic heterocycles. The first-order chi connectivity index (χ1) is 8.39. The van der Waals surface area contributed by atoms with Gasteiger partial charge >= 0.3 is 23.1 Å². The Morgan fingerprint density at radius 2 is 1.32 bits per heavy atom. The molecule has 3 nitrogen and oxygen atoms in total. The van der Waals surface area contributed by atoms with E-state index >= 15 is 0 Å². The molecule has 0 aromatic heterocycles. The summed E-state index contributed by atoms with van der Waals surface area (Å²) in [7, 11) is -4.02. The Morgan fingerprint density at radius 3 is 1.63 bits per heavy atom. The summed E-state index contributed by atoms with van der Waals surface area (Å²) in [6.07, 6.45) is 0. The van der Waals surface area contributed by atoms with Gasteiger partial charge in [-0.25, -0.2) is 0 Å². The van der Waals surface area contributed by atoms with E-state index in [1.165, 1.54) is 17.7 Å². The molecule has 0 atom stereocenters. The van der Waals surface area contributed by atoms with Gasteiger partial charge in [0.05, 0.1) is 4.90 Å². The zero-order valence-electron chi connectivity index (χ0n) is 11.0. The van der Waals surface area contributed by atoms with Crippen LogP contribution in [0.25, 0.3) is 0 Å². The maximum atomic E-state index is 10.5. The fourth-order valence-corrected chi connectivity index (χ4v) is 1.66. The van der Waals surface area contributed by atoms with E-state index in [1.807, 2.05) is 31.2 Å². The predicted molar refractivity (Wildman–Crippen MR) is 76.8 cm³/mol. The fraction of sp³-hybridized carbons (Fsp3) is 0.143. The van der Waals surface area contributed by atoms with E-state index in [2.05, 4.69) is 13.0 Å². The van der Waals surface area contributed by atoms with Crippen molar-refractivity contribution >= 4 is 33.2 Å². The summed E-state index contributed by atoms with van der Waals surface area (Å²) in [5, 5.41) is 0. The number of benzene rings is 2. The van der Waals surface area contributed by atoms with E-state index in [9.17, 15) is 8.42 Å². The first-order valence-electron chi connectivity index (χ1n) is 5.36. The molecule has 96 valence electrons. The smallest absolute Gasteiger partial charge is 0.282 e. The van der Waals surface area contributed by atoms with Crippen LogP contribution < -0.4 is 0 Å². The van der Waals surface area contributed by atoms with Gasteiger partial charge in [-0.05, 0) is 19.1 Å². The summed E-state index contributed by atoms with van der Waals surface area (Å²) in [6, 6.07) is 16.8. The van der Waals surface area contributed by atoms with Gasteiger partial charge in [0.15, 0.2) is 0 Å². The van der Waals surface area contributed by atoms with Crippen LogP contribution in [0.1, 0.15) is 11.1 Å². The maximum absolute atomic E-state index is 10.5. The van der Waals surface area contributed by atoms with Crippen LogP contribution in [0.4, 0.5) is 0 Å². The van der Waals surface area contributed by atoms with Crippen molar-refractivity contribution in [2.75, 3.05) is 0 Å². The van der Waals surface area contributed by atoms with Crippen LogP contribution in [0.3, 0.4) is 0 Å². The summed E-state index contributed by atoms with van der Waals surface area (Å²) in [4.78, 5) is -0.0666. The molecule has 2 aromatic rings. The molecule has 0 saturated heterocycles. The van der Waals surface area contributed by atoms with E-state index in [4.69, 9.17) is 4.55 Å². The molecule has 2 aromatic carbocycles. The van der Waals surface area contributed by atoms with Crippen molar-refractivity contribution in [2.45, 2.75) is 18.7 Å². The van der Waals surface area contributed by atoms with Crippen LogP contribution in [0, 0.1) is 19.9 Å². The van der Waals surface area contributed by atoms with Crippen molar-refractivity contribution in [3.05, 3.63) is 65.7 Å². The molecule has 1 N–H and O–H groups in total. The van der Waals surface area contributed by atoms with Gasteiger partial charge < -0.3 is 0 Å². The zero-order chi connectivity index (χ0) is 13.6. The average molecular weight is 288 g/mol. The second-order valence-corrected chi connectivity index (χ2v) is 5.29. The van der Waals surface area contributed by atoms with E-state index in [0.717, 1.165) is 5.56 Å². The Bertz CT molecular complexity index is 578. The van der Waals surface area contributed by atoms with E-state index in [1.54, 1.807) is 12.1 Å². The van der Waals surface area contributed by atoms with Crippen molar-refractivity contribution in [1.29, 1.82) is 0 Å². The Balaban J connectivity index is 0.000000352. The molecule has 0 aliphatic carbocycles. The van der Waals surface area contributed by atoms with Crippen LogP contribution in [-0.2, 0) is 10.1 Å². The summed E-state index contributed by atoms with van der Waals surface area (Å²) >= 11 is 0. The molecule has 0 fully saturated rings. The Morgan fingerprint density at radius 1 is 0.895 bits per heavy atom. The topological polar surface area (TPSA) is 54.4 Å². The molecule has 0 radical (unpaired) electrons. The zero-order valence-corrected chi connectivity index (χ0v) is 13.2. The summed E-state index contributed by atoms with van der Waals surface area (Å²) < 4.78 is 29.6. The molecule has 0 aliphatic rings. The number of hydrogen-bond acceptors (Lipinski definition) is 2. The second-order valence-electron chi connectivity index (χ2n) is 3.87. The molecule has 19 heavy (non-hydrogen) atoms. The number of aryl methyl sites for hydroxylation is 2. The number of hydrogen-bond donors (Lipinski definition) is 1. The van der Waals surface area contributed by atoms with Crippen molar-refractivity contribution in [1.82, 2.24) is 0 Å². The van der Waals surface area contributed by atoms with E-state index in [-0.39, 0.29) is 27.9 Å². The number of rotatable bonds is 1. The van der Waals surface area contributed by atoms with Crippen molar-refractivity contribution in [2.24, 2.45) is 0 Å². The van der Waals surface area contributed by atoms with Crippen LogP contribution >= 0.6 is 0 Å². The van der Waals surface area contributed by atoms with Crippen LogP contribution in [0.5, 0.6) is 0 Å². The van der Waals surface area contributed by atoms with Crippen LogP contribution in [-0.4, -0.2) is 36.0 Å². The van der Waals surface area contributed by atoms with Crippen molar-refractivity contribution in [3.8, 4) is 0 Å². The predicted octanol–water partition coefficient (Wildman–Crippen LogP) is 2.66. The van der Waals surface area contributed by atoms with Gasteiger partial charge in [-0.2, -0.15) is 44.3 Å². The molecule has 5 heteroatoms. The SMILES string of the molecule is Cc1cc[c-]cc1.Cc1ccc(S(=O)(=O)O)cc1.[Mg+2]. The van der Waals surface area contributed by atoms with E-state index < -0.39 is 10.1 Å². The van der Waals surface area contributed by atoms with Gasteiger partial charge in [0.25, 0.3) is 10.1 Å². The molecular formula is C14H15MgO3S+. The van der Waals surface area contributed by atoms with E-state index in [0.29, 0.717) is 0 Å². The first kappa shape index (κ1) is 18.1. The van der Waals surface area contributed by atoms with Gasteiger partial charge in [0.1, 0.15) is 0 Å². The Hall–Kier alpha value is -0.884. The Kier molecular flexibility index (Phi) is 7.93. The molecule has 0 heterocycles. The van der Waals surface area contributed by atoms with Crippen LogP contribution in [0.15, 0.2) is 53.4 Å². The fourth-order valence-electron chi connectivity index (χ4n) is 1.18. The molecule has 0 amide bonds. The quantitative estimate of drug-likeness (QED) is 0.498. The summed E-state index contributed by atoms with van der Waals surface area (Å²) in [5.74, 6) is 0. The monoisotopic (exact) mass is 287 g/mol. The maximum Gasteiger partial charge on any atom is 2.00 e. The van der Waals surface area contributed by atoms with Gasteiger partial charge in [-0.3, -0.25) is 4.55 Å². The molecule has 0 spiro atoms. The summed E-state index contributed by atoms with van der Waals surface area (Å²) in [5.41, 5.74) is 2.25. The van der Waals surface area contributed by atoms with Gasteiger partial charge in [-0.15, -0.1) is 0 Å². The largest absolute Gasteiger partial charge is 2.00 e. The normalized spacial score (nSPS) is 9.84. The molecule has 0 bridgehead atoms. The van der Waals surface area contributed by atoms with Crippen molar-refractivity contribution < 1.29 is 13.0 Å². The third kappa shape index (κ3) is 7.32. The molecule has 0 unspecified atom stereocenters. The first-order valence-corrected chi connectivity index (χ1v) is 6.80. The molecule has 2 rings (SSSR count). The third-order valence-electron chi connectivity index (χ3n) is 2.20. The second kappa shape index (κ2) is 8.32. The average Bonchev–Trinajstić information content (AvgIpc) is 2.30. The standard InChI is InChI=1S/C7H8O3S.C7H7.Mg/c1-6-2-4-7(5-3-6)11(8,9)10;1-7-5-3-2-4-6-7;/h2-5H,1H3,(H,8,9,10);3-6H,1H3;/q;-1;+2. The van der Waals surface area contributed by atoms with Gasteiger partial charge in [0.2, 0.25) is 0 Å². The Labute approximate surface area is 130 Å².